The predicted molar refractivity (Wildman–Crippen MR) is 139 cm³/mol. The summed E-state index contributed by atoms with van der Waals surface area (Å²) in [6.07, 6.45) is 1.71. The Hall–Kier alpha value is -4.12. The summed E-state index contributed by atoms with van der Waals surface area (Å²) in [6, 6.07) is 10.1. The number of hydrogen-bond acceptors (Lipinski definition) is 9. The first-order valence-electron chi connectivity index (χ1n) is 11.2. The molecule has 0 atom stereocenters. The van der Waals surface area contributed by atoms with E-state index in [9.17, 15) is 14.4 Å². The minimum Gasteiger partial charge on any atom is -0.486 e. The van der Waals surface area contributed by atoms with Crippen molar-refractivity contribution >= 4 is 35.3 Å². The average Bonchev–Trinajstić information content (AvgIpc) is 3.26. The lowest BCUT2D eigenvalue weighted by Gasteiger charge is -2.11. The molecule has 3 aromatic rings. The molecule has 1 N–H and O–H groups in total. The highest BCUT2D eigenvalue weighted by Gasteiger charge is 2.17. The van der Waals surface area contributed by atoms with Gasteiger partial charge in [0.1, 0.15) is 12.4 Å². The zero-order valence-electron chi connectivity index (χ0n) is 21.1. The fourth-order valence-electron chi connectivity index (χ4n) is 3.51. The van der Waals surface area contributed by atoms with Gasteiger partial charge in [-0.1, -0.05) is 23.9 Å². The van der Waals surface area contributed by atoms with E-state index in [2.05, 4.69) is 28.2 Å². The standard InChI is InChI=1S/C26H28N4O6S/c1-6-7-30-22(14-36-21-9-16(2)8-17(3)10-21)28-29-26(30)37-15-23(31)27-20-12-18(24(32)34-4)11-19(13-20)25(33)35-5/h6,8-13H,1,7,14-15H2,2-5H3,(H,27,31). The third kappa shape index (κ3) is 7.43. The summed E-state index contributed by atoms with van der Waals surface area (Å²) < 4.78 is 17.2. The second kappa shape index (κ2) is 12.7. The highest BCUT2D eigenvalue weighted by atomic mass is 32.2. The SMILES string of the molecule is C=CCn1c(COc2cc(C)cc(C)c2)nnc1SCC(=O)Nc1cc(C(=O)OC)cc(C(=O)OC)c1. The van der Waals surface area contributed by atoms with Gasteiger partial charge in [-0.15, -0.1) is 16.8 Å². The molecule has 1 heterocycles. The smallest absolute Gasteiger partial charge is 0.337 e. The number of rotatable bonds is 11. The number of allylic oxidation sites excluding steroid dienone is 1. The number of benzene rings is 2. The number of amides is 1. The number of thioether (sulfide) groups is 1. The number of nitrogens with zero attached hydrogens (tertiary/aromatic N) is 3. The number of methoxy groups -OCH3 is 2. The predicted octanol–water partition coefficient (Wildman–Crippen LogP) is 3.96. The van der Waals surface area contributed by atoms with E-state index in [-0.39, 0.29) is 35.1 Å². The third-order valence-electron chi connectivity index (χ3n) is 5.06. The van der Waals surface area contributed by atoms with Gasteiger partial charge in [-0.25, -0.2) is 9.59 Å². The maximum Gasteiger partial charge on any atom is 0.337 e. The van der Waals surface area contributed by atoms with Gasteiger partial charge in [0.05, 0.1) is 31.1 Å². The molecule has 11 heteroatoms. The van der Waals surface area contributed by atoms with Crippen LogP contribution in [0, 0.1) is 13.8 Å². The molecule has 0 fully saturated rings. The van der Waals surface area contributed by atoms with Crippen molar-refractivity contribution in [3.8, 4) is 5.75 Å². The molecule has 194 valence electrons. The molecule has 0 aliphatic heterocycles. The molecule has 0 radical (unpaired) electrons. The molecule has 0 spiro atoms. The summed E-state index contributed by atoms with van der Waals surface area (Å²) in [6.45, 7) is 8.43. The first-order valence-corrected chi connectivity index (χ1v) is 12.2. The molecule has 37 heavy (non-hydrogen) atoms. The molecule has 3 rings (SSSR count). The molecule has 1 aromatic heterocycles. The Balaban J connectivity index is 1.69. The fourth-order valence-corrected chi connectivity index (χ4v) is 4.27. The third-order valence-corrected chi connectivity index (χ3v) is 6.03. The Kier molecular flexibility index (Phi) is 9.45. The zero-order chi connectivity index (χ0) is 26.9. The molecule has 0 aliphatic rings. The number of anilines is 1. The van der Waals surface area contributed by atoms with E-state index in [1.54, 1.807) is 6.08 Å². The number of aromatic nitrogens is 3. The molecule has 10 nitrogen and oxygen atoms in total. The van der Waals surface area contributed by atoms with E-state index in [1.807, 2.05) is 30.5 Å². The van der Waals surface area contributed by atoms with Crippen LogP contribution in [0.15, 0.2) is 54.2 Å². The van der Waals surface area contributed by atoms with Crippen LogP contribution in [0.25, 0.3) is 0 Å². The molecule has 2 aromatic carbocycles. The quantitative estimate of drug-likeness (QED) is 0.226. The molecule has 1 amide bonds. The van der Waals surface area contributed by atoms with Crippen molar-refractivity contribution in [3.05, 3.63) is 77.1 Å². The minimum absolute atomic E-state index is 0.00319. The second-order valence-corrected chi connectivity index (χ2v) is 8.97. The van der Waals surface area contributed by atoms with Gasteiger partial charge in [0.25, 0.3) is 0 Å². The van der Waals surface area contributed by atoms with Crippen LogP contribution in [-0.2, 0) is 27.4 Å². The number of aryl methyl sites for hydroxylation is 2. The van der Waals surface area contributed by atoms with Crippen molar-refractivity contribution in [1.82, 2.24) is 14.8 Å². The lowest BCUT2D eigenvalue weighted by Crippen LogP contribution is -2.16. The van der Waals surface area contributed by atoms with E-state index < -0.39 is 11.9 Å². The number of esters is 2. The van der Waals surface area contributed by atoms with Gasteiger partial charge >= 0.3 is 11.9 Å². The van der Waals surface area contributed by atoms with Crippen molar-refractivity contribution in [2.45, 2.75) is 32.2 Å². The summed E-state index contributed by atoms with van der Waals surface area (Å²) in [7, 11) is 2.45. The second-order valence-electron chi connectivity index (χ2n) is 8.03. The molecular formula is C26H28N4O6S. The fraction of sp³-hybridized carbons (Fsp3) is 0.269. The molecule has 0 bridgehead atoms. The molecule has 0 unspecified atom stereocenters. The lowest BCUT2D eigenvalue weighted by atomic mass is 10.1. The summed E-state index contributed by atoms with van der Waals surface area (Å²) in [5.74, 6) is -0.338. The summed E-state index contributed by atoms with van der Waals surface area (Å²) in [5.41, 5.74) is 2.66. The monoisotopic (exact) mass is 524 g/mol. The van der Waals surface area contributed by atoms with E-state index >= 15 is 0 Å². The van der Waals surface area contributed by atoms with E-state index in [0.717, 1.165) is 16.9 Å². The van der Waals surface area contributed by atoms with Crippen molar-refractivity contribution in [3.63, 3.8) is 0 Å². The first-order chi connectivity index (χ1) is 17.7. The number of carbonyl (C=O) groups excluding carboxylic acids is 3. The number of nitrogens with one attached hydrogen (secondary N) is 1. The largest absolute Gasteiger partial charge is 0.486 e. The van der Waals surface area contributed by atoms with Gasteiger partial charge in [-0.05, 0) is 55.3 Å². The van der Waals surface area contributed by atoms with Gasteiger partial charge < -0.3 is 19.5 Å². The zero-order valence-corrected chi connectivity index (χ0v) is 21.9. The van der Waals surface area contributed by atoms with Crippen LogP contribution >= 0.6 is 11.8 Å². The molecule has 0 aliphatic carbocycles. The van der Waals surface area contributed by atoms with Gasteiger partial charge in [0.15, 0.2) is 11.0 Å². The Morgan fingerprint density at radius 1 is 0.973 bits per heavy atom. The van der Waals surface area contributed by atoms with E-state index in [0.29, 0.717) is 17.5 Å². The van der Waals surface area contributed by atoms with Gasteiger partial charge in [-0.3, -0.25) is 9.36 Å². The maximum atomic E-state index is 12.7. The van der Waals surface area contributed by atoms with E-state index in [4.69, 9.17) is 14.2 Å². The normalized spacial score (nSPS) is 10.5. The summed E-state index contributed by atoms with van der Waals surface area (Å²) >= 11 is 1.18. The van der Waals surface area contributed by atoms with Crippen LogP contribution in [0.5, 0.6) is 5.75 Å². The van der Waals surface area contributed by atoms with Gasteiger partial charge in [0.2, 0.25) is 5.91 Å². The van der Waals surface area contributed by atoms with Crippen LogP contribution in [0.4, 0.5) is 5.69 Å². The van der Waals surface area contributed by atoms with Gasteiger partial charge in [0, 0.05) is 12.2 Å². The van der Waals surface area contributed by atoms with Crippen molar-refractivity contribution in [2.75, 3.05) is 25.3 Å². The minimum atomic E-state index is -0.649. The Morgan fingerprint density at radius 3 is 2.16 bits per heavy atom. The molecule has 0 saturated heterocycles. The van der Waals surface area contributed by atoms with Crippen molar-refractivity contribution < 1.29 is 28.6 Å². The highest BCUT2D eigenvalue weighted by Crippen LogP contribution is 2.22. The highest BCUT2D eigenvalue weighted by molar-refractivity contribution is 7.99. The average molecular weight is 525 g/mol. The summed E-state index contributed by atoms with van der Waals surface area (Å²) in [5, 5.41) is 11.6. The number of hydrogen-bond donors (Lipinski definition) is 1. The Morgan fingerprint density at radius 2 is 1.59 bits per heavy atom. The van der Waals surface area contributed by atoms with Crippen molar-refractivity contribution in [1.29, 1.82) is 0 Å². The first kappa shape index (κ1) is 27.5. The van der Waals surface area contributed by atoms with Gasteiger partial charge in [-0.2, -0.15) is 0 Å². The maximum absolute atomic E-state index is 12.7. The Labute approximate surface area is 219 Å². The topological polar surface area (TPSA) is 122 Å². The number of ether oxygens (including phenoxy) is 3. The lowest BCUT2D eigenvalue weighted by molar-refractivity contribution is -0.113. The van der Waals surface area contributed by atoms with Crippen LogP contribution < -0.4 is 10.1 Å². The van der Waals surface area contributed by atoms with Crippen molar-refractivity contribution in [2.24, 2.45) is 0 Å². The van der Waals surface area contributed by atoms with Crippen LogP contribution in [-0.4, -0.2) is 52.6 Å². The van der Waals surface area contributed by atoms with E-state index in [1.165, 1.54) is 44.2 Å². The molecular weight excluding hydrogens is 496 g/mol. The summed E-state index contributed by atoms with van der Waals surface area (Å²) in [4.78, 5) is 36.6. The number of carbonyl (C=O) groups is 3. The van der Waals surface area contributed by atoms with Crippen LogP contribution in [0.2, 0.25) is 0 Å². The van der Waals surface area contributed by atoms with Crippen LogP contribution in [0.3, 0.4) is 0 Å². The Bertz CT molecular complexity index is 1270. The molecule has 0 saturated carbocycles. The van der Waals surface area contributed by atoms with Crippen LogP contribution in [0.1, 0.15) is 37.7 Å².